The molecule has 0 aliphatic carbocycles. The van der Waals surface area contributed by atoms with Crippen molar-refractivity contribution in [1.82, 2.24) is 15.0 Å². The van der Waals surface area contributed by atoms with Crippen LogP contribution in [0.3, 0.4) is 0 Å². The fraction of sp³-hybridized carbons (Fsp3) is 0.158. The Bertz CT molecular complexity index is 991. The zero-order valence-corrected chi connectivity index (χ0v) is 14.6. The van der Waals surface area contributed by atoms with Crippen molar-refractivity contribution in [3.05, 3.63) is 70.5 Å². The van der Waals surface area contributed by atoms with Gasteiger partial charge < -0.3 is 10.4 Å². The molecule has 0 unspecified atom stereocenters. The van der Waals surface area contributed by atoms with Crippen molar-refractivity contribution in [1.29, 1.82) is 0 Å². The van der Waals surface area contributed by atoms with Crippen LogP contribution in [0.4, 0.5) is 5.69 Å². The lowest BCUT2D eigenvalue weighted by atomic mass is 10.1. The van der Waals surface area contributed by atoms with Crippen LogP contribution in [0.1, 0.15) is 37.7 Å². The molecule has 2 N–H and O–H groups in total. The van der Waals surface area contributed by atoms with Gasteiger partial charge in [0, 0.05) is 5.69 Å². The molecule has 1 aromatic heterocycles. The highest BCUT2D eigenvalue weighted by molar-refractivity contribution is 6.03. The number of aromatic nitrogens is 3. The summed E-state index contributed by atoms with van der Waals surface area (Å²) in [5, 5.41) is 19.7. The van der Waals surface area contributed by atoms with E-state index in [-0.39, 0.29) is 11.3 Å². The third-order valence-electron chi connectivity index (χ3n) is 4.23. The number of benzene rings is 2. The van der Waals surface area contributed by atoms with E-state index in [0.29, 0.717) is 11.4 Å². The van der Waals surface area contributed by atoms with E-state index in [4.69, 9.17) is 5.11 Å². The predicted octanol–water partition coefficient (Wildman–Crippen LogP) is 3.14. The van der Waals surface area contributed by atoms with Crippen molar-refractivity contribution < 1.29 is 14.7 Å². The molecule has 3 rings (SSSR count). The fourth-order valence-electron chi connectivity index (χ4n) is 2.53. The molecule has 7 nitrogen and oxygen atoms in total. The minimum Gasteiger partial charge on any atom is -0.478 e. The van der Waals surface area contributed by atoms with Crippen molar-refractivity contribution in [2.24, 2.45) is 0 Å². The molecule has 132 valence electrons. The summed E-state index contributed by atoms with van der Waals surface area (Å²) in [6, 6.07) is 11.8. The summed E-state index contributed by atoms with van der Waals surface area (Å²) < 4.78 is 1.62. The van der Waals surface area contributed by atoms with Gasteiger partial charge in [-0.25, -0.2) is 9.48 Å². The first-order chi connectivity index (χ1) is 12.4. The lowest BCUT2D eigenvalue weighted by molar-refractivity contribution is 0.0696. The summed E-state index contributed by atoms with van der Waals surface area (Å²) in [4.78, 5) is 23.4. The maximum Gasteiger partial charge on any atom is 0.335 e. The van der Waals surface area contributed by atoms with Gasteiger partial charge in [0.1, 0.15) is 0 Å². The highest BCUT2D eigenvalue weighted by Gasteiger charge is 2.18. The molecule has 1 heterocycles. The number of nitrogens with zero attached hydrogens (tertiary/aromatic N) is 3. The second-order valence-electron chi connectivity index (χ2n) is 6.04. The molecule has 0 bridgehead atoms. The first kappa shape index (κ1) is 17.3. The average molecular weight is 350 g/mol. The number of nitrogens with one attached hydrogen (secondary N) is 1. The molecule has 3 aromatic rings. The van der Waals surface area contributed by atoms with Gasteiger partial charge in [-0.15, -0.1) is 5.10 Å². The van der Waals surface area contributed by atoms with Gasteiger partial charge in [-0.1, -0.05) is 11.3 Å². The molecular formula is C19H18N4O3. The number of amides is 1. The van der Waals surface area contributed by atoms with Crippen LogP contribution in [0.5, 0.6) is 0 Å². The molecule has 1 amide bonds. The minimum atomic E-state index is -1.02. The van der Waals surface area contributed by atoms with Crippen LogP contribution in [0.2, 0.25) is 0 Å². The largest absolute Gasteiger partial charge is 0.478 e. The number of rotatable bonds is 4. The maximum atomic E-state index is 12.5. The number of carbonyl (C=O) groups excluding carboxylic acids is 1. The number of aryl methyl sites for hydroxylation is 2. The van der Waals surface area contributed by atoms with Crippen LogP contribution in [0.25, 0.3) is 5.69 Å². The Balaban J connectivity index is 1.83. The van der Waals surface area contributed by atoms with E-state index < -0.39 is 11.9 Å². The van der Waals surface area contributed by atoms with E-state index in [0.717, 1.165) is 11.3 Å². The van der Waals surface area contributed by atoms with Crippen LogP contribution in [0.15, 0.2) is 42.5 Å². The number of carboxylic acid groups (broad SMARTS) is 1. The van der Waals surface area contributed by atoms with Crippen LogP contribution in [0, 0.1) is 20.8 Å². The Kier molecular flexibility index (Phi) is 4.53. The van der Waals surface area contributed by atoms with Crippen molar-refractivity contribution in [3.8, 4) is 5.69 Å². The van der Waals surface area contributed by atoms with Crippen LogP contribution in [-0.2, 0) is 0 Å². The van der Waals surface area contributed by atoms with Gasteiger partial charge in [0.25, 0.3) is 5.91 Å². The van der Waals surface area contributed by atoms with E-state index in [9.17, 15) is 9.59 Å². The quantitative estimate of drug-likeness (QED) is 0.753. The number of anilines is 1. The van der Waals surface area contributed by atoms with Gasteiger partial charge in [-0.05, 0) is 68.3 Å². The summed E-state index contributed by atoms with van der Waals surface area (Å²) in [6.45, 7) is 5.82. The Morgan fingerprint density at radius 3 is 2.31 bits per heavy atom. The topological polar surface area (TPSA) is 97.1 Å². The van der Waals surface area contributed by atoms with Gasteiger partial charge in [0.15, 0.2) is 5.69 Å². The molecule has 0 saturated heterocycles. The van der Waals surface area contributed by atoms with Crippen molar-refractivity contribution in [2.45, 2.75) is 20.8 Å². The van der Waals surface area contributed by atoms with Crippen LogP contribution >= 0.6 is 0 Å². The zero-order valence-electron chi connectivity index (χ0n) is 14.6. The number of hydrogen-bond donors (Lipinski definition) is 2. The summed E-state index contributed by atoms with van der Waals surface area (Å²) in [5.74, 6) is -1.42. The molecule has 2 aromatic carbocycles. The number of hydrogen-bond acceptors (Lipinski definition) is 4. The summed E-state index contributed by atoms with van der Waals surface area (Å²) >= 11 is 0. The van der Waals surface area contributed by atoms with E-state index in [1.807, 2.05) is 32.0 Å². The molecule has 0 aliphatic heterocycles. The molecule has 7 heteroatoms. The summed E-state index contributed by atoms with van der Waals surface area (Å²) in [7, 11) is 0. The molecule has 0 aliphatic rings. The first-order valence-electron chi connectivity index (χ1n) is 8.01. The Labute approximate surface area is 150 Å². The standard InChI is InChI=1S/C19H18N4O3/c1-11-4-9-16(10-12(11)2)23-13(3)17(21-22-23)18(24)20-15-7-5-14(6-8-15)19(25)26/h4-10H,1-3H3,(H,20,24)(H,25,26). The SMILES string of the molecule is Cc1ccc(-n2nnc(C(=O)Nc3ccc(C(=O)O)cc3)c2C)cc1C. The predicted molar refractivity (Wildman–Crippen MR) is 96.9 cm³/mol. The monoisotopic (exact) mass is 350 g/mol. The lowest BCUT2D eigenvalue weighted by Gasteiger charge is -2.07. The molecule has 0 spiro atoms. The lowest BCUT2D eigenvalue weighted by Crippen LogP contribution is -2.14. The van der Waals surface area contributed by atoms with Gasteiger partial charge in [0.2, 0.25) is 0 Å². The highest BCUT2D eigenvalue weighted by Crippen LogP contribution is 2.17. The Morgan fingerprint density at radius 2 is 1.69 bits per heavy atom. The minimum absolute atomic E-state index is 0.153. The van der Waals surface area contributed by atoms with Gasteiger partial charge in [-0.2, -0.15) is 0 Å². The Morgan fingerprint density at radius 1 is 1.00 bits per heavy atom. The van der Waals surface area contributed by atoms with Crippen LogP contribution in [-0.4, -0.2) is 32.0 Å². The summed E-state index contributed by atoms with van der Waals surface area (Å²) in [6.07, 6.45) is 0. The maximum absolute atomic E-state index is 12.5. The molecule has 26 heavy (non-hydrogen) atoms. The van der Waals surface area contributed by atoms with Gasteiger partial charge in [-0.3, -0.25) is 4.79 Å². The van der Waals surface area contributed by atoms with E-state index in [1.165, 1.54) is 29.8 Å². The molecule has 0 atom stereocenters. The first-order valence-corrected chi connectivity index (χ1v) is 8.01. The fourth-order valence-corrected chi connectivity index (χ4v) is 2.53. The number of carboxylic acids is 1. The van der Waals surface area contributed by atoms with E-state index in [1.54, 1.807) is 11.6 Å². The number of carbonyl (C=O) groups is 2. The van der Waals surface area contributed by atoms with Gasteiger partial charge in [0.05, 0.1) is 16.9 Å². The second-order valence-corrected chi connectivity index (χ2v) is 6.04. The van der Waals surface area contributed by atoms with E-state index >= 15 is 0 Å². The zero-order chi connectivity index (χ0) is 18.8. The Hall–Kier alpha value is -3.48. The van der Waals surface area contributed by atoms with Crippen molar-refractivity contribution in [3.63, 3.8) is 0 Å². The number of aromatic carboxylic acids is 1. The molecule has 0 radical (unpaired) electrons. The molecule has 0 fully saturated rings. The average Bonchev–Trinajstić information content (AvgIpc) is 2.99. The smallest absolute Gasteiger partial charge is 0.335 e. The molecule has 0 saturated carbocycles. The van der Waals surface area contributed by atoms with Gasteiger partial charge >= 0.3 is 5.97 Å². The second kappa shape index (κ2) is 6.79. The third-order valence-corrected chi connectivity index (χ3v) is 4.23. The highest BCUT2D eigenvalue weighted by atomic mass is 16.4. The van der Waals surface area contributed by atoms with Crippen molar-refractivity contribution >= 4 is 17.6 Å². The molecular weight excluding hydrogens is 332 g/mol. The summed E-state index contributed by atoms with van der Waals surface area (Å²) in [5.41, 5.74) is 4.61. The third kappa shape index (κ3) is 3.32. The normalized spacial score (nSPS) is 10.6. The van der Waals surface area contributed by atoms with E-state index in [2.05, 4.69) is 15.6 Å². The van der Waals surface area contributed by atoms with Crippen molar-refractivity contribution in [2.75, 3.05) is 5.32 Å². The van der Waals surface area contributed by atoms with Crippen LogP contribution < -0.4 is 5.32 Å².